The SMILES string of the molecule is CC=C(CC1=C[CH]1)C1C=CC=CC1(C)C(C)O. The highest BCUT2D eigenvalue weighted by atomic mass is 16.3. The largest absolute Gasteiger partial charge is 0.392 e. The zero-order valence-electron chi connectivity index (χ0n) is 10.9. The fourth-order valence-corrected chi connectivity index (χ4v) is 2.48. The van der Waals surface area contributed by atoms with Gasteiger partial charge in [-0.15, -0.1) is 0 Å². The summed E-state index contributed by atoms with van der Waals surface area (Å²) in [4.78, 5) is 0. The molecule has 0 aromatic rings. The molecule has 17 heavy (non-hydrogen) atoms. The Morgan fingerprint density at radius 3 is 2.76 bits per heavy atom. The summed E-state index contributed by atoms with van der Waals surface area (Å²) in [5, 5.41) is 10.1. The molecule has 0 aromatic carbocycles. The molecule has 0 aliphatic heterocycles. The third kappa shape index (κ3) is 2.44. The zero-order valence-corrected chi connectivity index (χ0v) is 10.9. The van der Waals surface area contributed by atoms with Crippen LogP contribution in [0.3, 0.4) is 0 Å². The Morgan fingerprint density at radius 2 is 2.24 bits per heavy atom. The normalized spacial score (nSPS) is 33.5. The van der Waals surface area contributed by atoms with Gasteiger partial charge in [0.2, 0.25) is 0 Å². The molecular formula is C16H21O. The molecule has 0 heterocycles. The van der Waals surface area contributed by atoms with E-state index in [0.717, 1.165) is 6.42 Å². The third-order valence-electron chi connectivity index (χ3n) is 4.02. The van der Waals surface area contributed by atoms with Crippen molar-refractivity contribution in [3.8, 4) is 0 Å². The summed E-state index contributed by atoms with van der Waals surface area (Å²) in [6.07, 6.45) is 15.7. The summed E-state index contributed by atoms with van der Waals surface area (Å²) in [7, 11) is 0. The summed E-state index contributed by atoms with van der Waals surface area (Å²) < 4.78 is 0. The van der Waals surface area contributed by atoms with Gasteiger partial charge in [-0.1, -0.05) is 54.5 Å². The van der Waals surface area contributed by atoms with E-state index in [9.17, 15) is 5.11 Å². The van der Waals surface area contributed by atoms with E-state index in [1.165, 1.54) is 11.1 Å². The van der Waals surface area contributed by atoms with Gasteiger partial charge < -0.3 is 5.11 Å². The number of hydrogen-bond donors (Lipinski definition) is 1. The standard InChI is InChI=1S/C16H21O/c1-4-14(11-13-8-9-13)15-7-5-6-10-16(15,3)12(2)17/h4-10,12,15,17H,11H2,1-3H3. The van der Waals surface area contributed by atoms with Gasteiger partial charge >= 0.3 is 0 Å². The quantitative estimate of drug-likeness (QED) is 0.730. The van der Waals surface area contributed by atoms with Gasteiger partial charge in [0.05, 0.1) is 6.10 Å². The maximum absolute atomic E-state index is 10.1. The lowest BCUT2D eigenvalue weighted by molar-refractivity contribution is 0.0654. The number of aliphatic hydroxyl groups excluding tert-OH is 1. The average Bonchev–Trinajstić information content (AvgIpc) is 3.11. The molecule has 1 radical (unpaired) electrons. The molecule has 0 bridgehead atoms. The molecule has 0 amide bonds. The lowest BCUT2D eigenvalue weighted by Gasteiger charge is -2.39. The zero-order chi connectivity index (χ0) is 12.5. The summed E-state index contributed by atoms with van der Waals surface area (Å²) in [6, 6.07) is 0. The Kier molecular flexibility index (Phi) is 3.39. The molecule has 0 saturated carbocycles. The van der Waals surface area contributed by atoms with E-state index >= 15 is 0 Å². The Morgan fingerprint density at radius 1 is 1.53 bits per heavy atom. The first-order valence-electron chi connectivity index (χ1n) is 6.31. The topological polar surface area (TPSA) is 20.2 Å². The Balaban J connectivity index is 2.24. The summed E-state index contributed by atoms with van der Waals surface area (Å²) in [6.45, 7) is 6.11. The average molecular weight is 229 g/mol. The summed E-state index contributed by atoms with van der Waals surface area (Å²) in [5.74, 6) is 0.299. The van der Waals surface area contributed by atoms with E-state index in [1.54, 1.807) is 0 Å². The van der Waals surface area contributed by atoms with Gasteiger partial charge in [-0.2, -0.15) is 0 Å². The van der Waals surface area contributed by atoms with Crippen molar-refractivity contribution in [3.05, 3.63) is 54.0 Å². The lowest BCUT2D eigenvalue weighted by atomic mass is 9.67. The summed E-state index contributed by atoms with van der Waals surface area (Å²) in [5.41, 5.74) is 2.62. The van der Waals surface area contributed by atoms with Crippen molar-refractivity contribution < 1.29 is 5.11 Å². The van der Waals surface area contributed by atoms with Gasteiger partial charge in [-0.05, 0) is 20.3 Å². The van der Waals surface area contributed by atoms with Crippen LogP contribution in [0.4, 0.5) is 0 Å². The Hall–Kier alpha value is -1.08. The lowest BCUT2D eigenvalue weighted by Crippen LogP contribution is -2.37. The van der Waals surface area contributed by atoms with Gasteiger partial charge in [0.15, 0.2) is 0 Å². The van der Waals surface area contributed by atoms with Crippen LogP contribution in [0.15, 0.2) is 47.6 Å². The van der Waals surface area contributed by atoms with Crippen LogP contribution in [-0.2, 0) is 0 Å². The molecule has 0 fully saturated rings. The number of aliphatic hydroxyl groups is 1. The predicted molar refractivity (Wildman–Crippen MR) is 72.3 cm³/mol. The second kappa shape index (κ2) is 4.66. The highest BCUT2D eigenvalue weighted by Gasteiger charge is 2.38. The maximum Gasteiger partial charge on any atom is 0.0608 e. The minimum Gasteiger partial charge on any atom is -0.392 e. The maximum atomic E-state index is 10.1. The molecule has 0 saturated heterocycles. The Bertz CT molecular complexity index is 409. The second-order valence-corrected chi connectivity index (χ2v) is 5.21. The van der Waals surface area contributed by atoms with Gasteiger partial charge in [-0.25, -0.2) is 0 Å². The predicted octanol–water partition coefficient (Wildman–Crippen LogP) is 3.60. The van der Waals surface area contributed by atoms with E-state index in [-0.39, 0.29) is 11.5 Å². The van der Waals surface area contributed by atoms with Crippen molar-refractivity contribution in [2.45, 2.75) is 33.3 Å². The molecule has 2 aliphatic rings. The van der Waals surface area contributed by atoms with Crippen LogP contribution in [0, 0.1) is 17.8 Å². The second-order valence-electron chi connectivity index (χ2n) is 5.21. The minimum absolute atomic E-state index is 0.188. The molecule has 1 nitrogen and oxygen atoms in total. The minimum atomic E-state index is -0.346. The van der Waals surface area contributed by atoms with Crippen LogP contribution in [-0.4, -0.2) is 11.2 Å². The van der Waals surface area contributed by atoms with E-state index in [1.807, 2.05) is 13.0 Å². The van der Waals surface area contributed by atoms with Gasteiger partial charge in [0, 0.05) is 17.8 Å². The van der Waals surface area contributed by atoms with Crippen molar-refractivity contribution in [2.75, 3.05) is 0 Å². The van der Waals surface area contributed by atoms with Crippen LogP contribution in [0.5, 0.6) is 0 Å². The molecule has 1 N–H and O–H groups in total. The molecule has 91 valence electrons. The molecule has 3 unspecified atom stereocenters. The van der Waals surface area contributed by atoms with Crippen molar-refractivity contribution in [1.82, 2.24) is 0 Å². The van der Waals surface area contributed by atoms with Gasteiger partial charge in [0.25, 0.3) is 0 Å². The number of allylic oxidation sites excluding steroid dienone is 7. The molecular weight excluding hydrogens is 208 g/mol. The van der Waals surface area contributed by atoms with E-state index in [2.05, 4.69) is 50.6 Å². The molecule has 2 aliphatic carbocycles. The fraction of sp³-hybridized carbons (Fsp3) is 0.438. The Labute approximate surface area is 104 Å². The monoisotopic (exact) mass is 229 g/mol. The van der Waals surface area contributed by atoms with Crippen molar-refractivity contribution in [1.29, 1.82) is 0 Å². The van der Waals surface area contributed by atoms with Crippen LogP contribution in [0.1, 0.15) is 27.2 Å². The molecule has 0 spiro atoms. The highest BCUT2D eigenvalue weighted by Crippen LogP contribution is 2.43. The van der Waals surface area contributed by atoms with Crippen molar-refractivity contribution >= 4 is 0 Å². The number of rotatable bonds is 4. The van der Waals surface area contributed by atoms with Crippen molar-refractivity contribution in [2.24, 2.45) is 11.3 Å². The van der Waals surface area contributed by atoms with Crippen LogP contribution in [0.2, 0.25) is 0 Å². The third-order valence-corrected chi connectivity index (χ3v) is 4.02. The van der Waals surface area contributed by atoms with Crippen LogP contribution in [0.25, 0.3) is 0 Å². The summed E-state index contributed by atoms with van der Waals surface area (Å²) >= 11 is 0. The van der Waals surface area contributed by atoms with Crippen molar-refractivity contribution in [3.63, 3.8) is 0 Å². The fourth-order valence-electron chi connectivity index (χ4n) is 2.48. The highest BCUT2D eigenvalue weighted by molar-refractivity contribution is 5.44. The first-order chi connectivity index (χ1) is 8.08. The molecule has 2 rings (SSSR count). The van der Waals surface area contributed by atoms with E-state index in [4.69, 9.17) is 0 Å². The number of hydrogen-bond acceptors (Lipinski definition) is 1. The molecule has 3 atom stereocenters. The van der Waals surface area contributed by atoms with E-state index in [0.29, 0.717) is 5.92 Å². The first-order valence-corrected chi connectivity index (χ1v) is 6.31. The first kappa shape index (κ1) is 12.4. The van der Waals surface area contributed by atoms with Gasteiger partial charge in [0.1, 0.15) is 0 Å². The molecule has 1 heteroatoms. The van der Waals surface area contributed by atoms with Crippen LogP contribution >= 0.6 is 0 Å². The van der Waals surface area contributed by atoms with Crippen LogP contribution < -0.4 is 0 Å². The van der Waals surface area contributed by atoms with Gasteiger partial charge in [-0.3, -0.25) is 0 Å². The van der Waals surface area contributed by atoms with E-state index < -0.39 is 0 Å². The molecule has 0 aromatic heterocycles. The smallest absolute Gasteiger partial charge is 0.0608 e.